The fourth-order valence-corrected chi connectivity index (χ4v) is 4.65. The van der Waals surface area contributed by atoms with Crippen LogP contribution < -0.4 is 0 Å². The number of cyclic esters (lactones) is 1. The smallest absolute Gasteiger partial charge is 0.410 e. The lowest BCUT2D eigenvalue weighted by Crippen LogP contribution is -2.36. The number of amides is 1. The molecule has 0 N–H and O–H groups in total. The molecule has 1 aromatic carbocycles. The molecule has 27 heavy (non-hydrogen) atoms. The lowest BCUT2D eigenvalue weighted by Gasteiger charge is -2.32. The Morgan fingerprint density at radius 3 is 2.67 bits per heavy atom. The third-order valence-electron chi connectivity index (χ3n) is 6.12. The van der Waals surface area contributed by atoms with Gasteiger partial charge in [-0.25, -0.2) is 9.18 Å². The van der Waals surface area contributed by atoms with Crippen molar-refractivity contribution >= 4 is 22.0 Å². The van der Waals surface area contributed by atoms with Gasteiger partial charge in [-0.1, -0.05) is 15.9 Å². The van der Waals surface area contributed by atoms with Crippen LogP contribution in [0.1, 0.15) is 37.7 Å². The van der Waals surface area contributed by atoms with Crippen LogP contribution >= 0.6 is 15.9 Å². The average molecular weight is 439 g/mol. The number of benzene rings is 1. The topological polar surface area (TPSA) is 32.8 Å². The Hall–Kier alpha value is -1.14. The molecule has 4 rings (SSSR count). The molecule has 2 saturated heterocycles. The number of halogens is 2. The maximum Gasteiger partial charge on any atom is 0.410 e. The number of carbonyl (C=O) groups excluding carboxylic acids is 1. The summed E-state index contributed by atoms with van der Waals surface area (Å²) >= 11 is 3.54. The number of ether oxygens (including phenoxy) is 1. The third-order valence-corrected chi connectivity index (χ3v) is 6.89. The summed E-state index contributed by atoms with van der Waals surface area (Å²) in [4.78, 5) is 16.3. The number of hydrogen-bond donors (Lipinski definition) is 0. The highest BCUT2D eigenvalue weighted by Gasteiger charge is 2.35. The number of rotatable bonds is 7. The summed E-state index contributed by atoms with van der Waals surface area (Å²) in [5, 5.41) is 0. The molecule has 148 valence electrons. The Bertz CT molecular complexity index is 674. The van der Waals surface area contributed by atoms with Gasteiger partial charge in [0, 0.05) is 17.6 Å². The molecule has 2 aliphatic heterocycles. The Balaban J connectivity index is 1.17. The SMILES string of the molecule is O=C1OC(CCN2CCC(Cc3cc(F)ccc3Br)CC2)CN1CC1CC1. The molecular formula is C21H28BrFN2O2. The highest BCUT2D eigenvalue weighted by Crippen LogP contribution is 2.31. The van der Waals surface area contributed by atoms with E-state index < -0.39 is 0 Å². The van der Waals surface area contributed by atoms with Crippen LogP contribution in [0.2, 0.25) is 0 Å². The molecular weight excluding hydrogens is 411 g/mol. The zero-order valence-electron chi connectivity index (χ0n) is 15.7. The number of nitrogens with zero attached hydrogens (tertiary/aromatic N) is 2. The molecule has 1 amide bonds. The first-order valence-corrected chi connectivity index (χ1v) is 11.0. The van der Waals surface area contributed by atoms with Gasteiger partial charge in [0.1, 0.15) is 11.9 Å². The second kappa shape index (κ2) is 8.48. The van der Waals surface area contributed by atoms with Crippen molar-refractivity contribution in [1.29, 1.82) is 0 Å². The molecule has 0 radical (unpaired) electrons. The summed E-state index contributed by atoms with van der Waals surface area (Å²) in [6, 6.07) is 4.95. The van der Waals surface area contributed by atoms with Crippen molar-refractivity contribution in [3.05, 3.63) is 34.1 Å². The molecule has 0 spiro atoms. The predicted molar refractivity (Wildman–Crippen MR) is 106 cm³/mol. The van der Waals surface area contributed by atoms with Crippen LogP contribution in [0.3, 0.4) is 0 Å². The van der Waals surface area contributed by atoms with Gasteiger partial charge in [0.15, 0.2) is 0 Å². The minimum absolute atomic E-state index is 0.0530. The molecule has 1 aliphatic carbocycles. The predicted octanol–water partition coefficient (Wildman–Crippen LogP) is 4.46. The van der Waals surface area contributed by atoms with E-state index in [4.69, 9.17) is 4.74 Å². The highest BCUT2D eigenvalue weighted by atomic mass is 79.9. The first kappa shape index (κ1) is 19.2. The minimum atomic E-state index is -0.160. The summed E-state index contributed by atoms with van der Waals surface area (Å²) < 4.78 is 20.0. The van der Waals surface area contributed by atoms with Crippen LogP contribution in [0.25, 0.3) is 0 Å². The van der Waals surface area contributed by atoms with Crippen LogP contribution in [0.4, 0.5) is 9.18 Å². The fourth-order valence-electron chi connectivity index (χ4n) is 4.24. The summed E-state index contributed by atoms with van der Waals surface area (Å²) in [7, 11) is 0. The Labute approximate surface area is 169 Å². The summed E-state index contributed by atoms with van der Waals surface area (Å²) in [5.74, 6) is 1.17. The van der Waals surface area contributed by atoms with Gasteiger partial charge >= 0.3 is 6.09 Å². The third kappa shape index (κ3) is 5.23. The maximum absolute atomic E-state index is 13.5. The lowest BCUT2D eigenvalue weighted by atomic mass is 9.90. The van der Waals surface area contributed by atoms with Crippen molar-refractivity contribution < 1.29 is 13.9 Å². The van der Waals surface area contributed by atoms with E-state index in [-0.39, 0.29) is 18.0 Å². The first-order chi connectivity index (χ1) is 13.1. The van der Waals surface area contributed by atoms with Crippen molar-refractivity contribution in [1.82, 2.24) is 9.80 Å². The van der Waals surface area contributed by atoms with Crippen LogP contribution in [-0.2, 0) is 11.2 Å². The molecule has 6 heteroatoms. The van der Waals surface area contributed by atoms with Gasteiger partial charge in [0.05, 0.1) is 6.54 Å². The molecule has 1 saturated carbocycles. The molecule has 3 fully saturated rings. The molecule has 4 nitrogen and oxygen atoms in total. The number of carbonyl (C=O) groups is 1. The summed E-state index contributed by atoms with van der Waals surface area (Å²) in [6.45, 7) is 4.79. The largest absolute Gasteiger partial charge is 0.444 e. The standard InChI is InChI=1S/C21H28BrFN2O2/c22-20-4-3-18(23)12-17(20)11-15-5-8-24(9-6-15)10-7-19-14-25(21(26)27-19)13-16-1-2-16/h3-4,12,15-16,19H,1-2,5-11,13-14H2. The molecule has 1 aromatic rings. The molecule has 0 aromatic heterocycles. The van der Waals surface area contributed by atoms with Crippen LogP contribution in [0.15, 0.2) is 22.7 Å². The van der Waals surface area contributed by atoms with Gasteiger partial charge in [-0.2, -0.15) is 0 Å². The van der Waals surface area contributed by atoms with Gasteiger partial charge in [-0.15, -0.1) is 0 Å². The van der Waals surface area contributed by atoms with E-state index in [1.165, 1.54) is 18.9 Å². The number of hydrogen-bond acceptors (Lipinski definition) is 3. The van der Waals surface area contributed by atoms with Gasteiger partial charge in [0.25, 0.3) is 0 Å². The van der Waals surface area contributed by atoms with Crippen molar-refractivity contribution in [2.24, 2.45) is 11.8 Å². The van der Waals surface area contributed by atoms with Crippen molar-refractivity contribution in [3.8, 4) is 0 Å². The van der Waals surface area contributed by atoms with Gasteiger partial charge in [-0.3, -0.25) is 0 Å². The highest BCUT2D eigenvalue weighted by molar-refractivity contribution is 9.10. The molecule has 0 bridgehead atoms. The minimum Gasteiger partial charge on any atom is -0.444 e. The van der Waals surface area contributed by atoms with Crippen LogP contribution in [0, 0.1) is 17.7 Å². The summed E-state index contributed by atoms with van der Waals surface area (Å²) in [6.07, 6.45) is 6.59. The molecule has 3 aliphatic rings. The Morgan fingerprint density at radius 1 is 1.15 bits per heavy atom. The number of piperidine rings is 1. The number of likely N-dealkylation sites (tertiary alicyclic amines) is 1. The quantitative estimate of drug-likeness (QED) is 0.629. The van der Waals surface area contributed by atoms with E-state index in [0.29, 0.717) is 11.8 Å². The van der Waals surface area contributed by atoms with E-state index >= 15 is 0 Å². The molecule has 1 unspecified atom stereocenters. The van der Waals surface area contributed by atoms with E-state index in [2.05, 4.69) is 20.8 Å². The Morgan fingerprint density at radius 2 is 1.93 bits per heavy atom. The Kier molecular flexibility index (Phi) is 6.02. The lowest BCUT2D eigenvalue weighted by molar-refractivity contribution is 0.113. The van der Waals surface area contributed by atoms with Crippen LogP contribution in [0.5, 0.6) is 0 Å². The van der Waals surface area contributed by atoms with E-state index in [1.807, 2.05) is 4.90 Å². The van der Waals surface area contributed by atoms with E-state index in [1.54, 1.807) is 12.1 Å². The van der Waals surface area contributed by atoms with Gasteiger partial charge < -0.3 is 14.5 Å². The van der Waals surface area contributed by atoms with Crippen molar-refractivity contribution in [2.75, 3.05) is 32.7 Å². The monoisotopic (exact) mass is 438 g/mol. The maximum atomic E-state index is 13.5. The van der Waals surface area contributed by atoms with Crippen molar-refractivity contribution in [2.45, 2.75) is 44.6 Å². The normalized spacial score (nSPS) is 24.4. The average Bonchev–Trinajstić information content (AvgIpc) is 3.40. The molecule has 2 heterocycles. The summed E-state index contributed by atoms with van der Waals surface area (Å²) in [5.41, 5.74) is 1.07. The molecule has 1 atom stereocenters. The fraction of sp³-hybridized carbons (Fsp3) is 0.667. The second-order valence-electron chi connectivity index (χ2n) is 8.37. The second-order valence-corrected chi connectivity index (χ2v) is 9.22. The van der Waals surface area contributed by atoms with Gasteiger partial charge in [0.2, 0.25) is 0 Å². The van der Waals surface area contributed by atoms with Crippen LogP contribution in [-0.4, -0.2) is 54.7 Å². The van der Waals surface area contributed by atoms with E-state index in [0.717, 1.165) is 68.4 Å². The van der Waals surface area contributed by atoms with Gasteiger partial charge in [-0.05, 0) is 87.2 Å². The first-order valence-electron chi connectivity index (χ1n) is 10.2. The zero-order chi connectivity index (χ0) is 18.8. The zero-order valence-corrected chi connectivity index (χ0v) is 17.3. The van der Waals surface area contributed by atoms with Crippen molar-refractivity contribution in [3.63, 3.8) is 0 Å². The van der Waals surface area contributed by atoms with E-state index in [9.17, 15) is 9.18 Å².